The summed E-state index contributed by atoms with van der Waals surface area (Å²) in [5, 5.41) is 6.71. The zero-order valence-corrected chi connectivity index (χ0v) is 11.5. The van der Waals surface area contributed by atoms with Crippen LogP contribution < -0.4 is 5.73 Å². The molecule has 2 aromatic carbocycles. The van der Waals surface area contributed by atoms with Crippen LogP contribution in [0.5, 0.6) is 0 Å². The van der Waals surface area contributed by atoms with Gasteiger partial charge in [-0.15, -0.1) is 0 Å². The molecule has 0 atom stereocenters. The molecule has 3 rings (SSSR count). The van der Waals surface area contributed by atoms with Crippen LogP contribution >= 0.6 is 11.6 Å². The van der Waals surface area contributed by atoms with Gasteiger partial charge in [0.2, 0.25) is 0 Å². The molecule has 1 aromatic heterocycles. The largest absolute Gasteiger partial charge is 0.382 e. The summed E-state index contributed by atoms with van der Waals surface area (Å²) in [6.45, 7) is 0. The number of nitrogens with one attached hydrogen (secondary N) is 1. The van der Waals surface area contributed by atoms with Gasteiger partial charge in [-0.05, 0) is 35.9 Å². The molecule has 3 nitrogen and oxygen atoms in total. The summed E-state index contributed by atoms with van der Waals surface area (Å²) < 4.78 is 26.7. The highest BCUT2D eigenvalue weighted by Gasteiger charge is 2.16. The molecule has 1 heterocycles. The second-order valence-corrected chi connectivity index (χ2v) is 4.91. The first-order valence-electron chi connectivity index (χ1n) is 6.11. The van der Waals surface area contributed by atoms with Crippen LogP contribution in [0, 0.1) is 11.6 Å². The lowest BCUT2D eigenvalue weighted by atomic mass is 10.0. The van der Waals surface area contributed by atoms with Crippen LogP contribution in [0.2, 0.25) is 5.02 Å². The summed E-state index contributed by atoms with van der Waals surface area (Å²) in [7, 11) is 0. The van der Waals surface area contributed by atoms with E-state index in [1.54, 1.807) is 18.2 Å². The van der Waals surface area contributed by atoms with E-state index in [4.69, 9.17) is 17.3 Å². The van der Waals surface area contributed by atoms with Gasteiger partial charge in [-0.3, -0.25) is 5.10 Å². The zero-order chi connectivity index (χ0) is 15.0. The lowest BCUT2D eigenvalue weighted by molar-refractivity contribution is 0.628. The molecule has 0 aliphatic heterocycles. The SMILES string of the molecule is Nc1n[nH]c(-c2ccc(F)c(Cl)c2)c1-c1cccc(F)c1. The molecule has 6 heteroatoms. The fourth-order valence-corrected chi connectivity index (χ4v) is 2.33. The molecule has 106 valence electrons. The van der Waals surface area contributed by atoms with Crippen molar-refractivity contribution in [3.63, 3.8) is 0 Å². The third-order valence-electron chi connectivity index (χ3n) is 3.12. The maximum Gasteiger partial charge on any atom is 0.153 e. The van der Waals surface area contributed by atoms with Crippen molar-refractivity contribution < 1.29 is 8.78 Å². The quantitative estimate of drug-likeness (QED) is 0.743. The van der Waals surface area contributed by atoms with Gasteiger partial charge in [0, 0.05) is 5.56 Å². The third-order valence-corrected chi connectivity index (χ3v) is 3.41. The van der Waals surface area contributed by atoms with Gasteiger partial charge in [0.15, 0.2) is 5.82 Å². The zero-order valence-electron chi connectivity index (χ0n) is 10.7. The number of hydrogen-bond acceptors (Lipinski definition) is 2. The Kier molecular flexibility index (Phi) is 3.35. The van der Waals surface area contributed by atoms with Gasteiger partial charge in [-0.1, -0.05) is 23.7 Å². The molecular formula is C15H10ClF2N3. The number of hydrogen-bond donors (Lipinski definition) is 2. The Morgan fingerprint density at radius 1 is 1.05 bits per heavy atom. The summed E-state index contributed by atoms with van der Waals surface area (Å²) in [5.74, 6) is -0.660. The van der Waals surface area contributed by atoms with E-state index < -0.39 is 5.82 Å². The highest BCUT2D eigenvalue weighted by atomic mass is 35.5. The predicted octanol–water partition coefficient (Wildman–Crippen LogP) is 4.26. The van der Waals surface area contributed by atoms with Crippen LogP contribution in [-0.2, 0) is 0 Å². The standard InChI is InChI=1S/C15H10ClF2N3/c16-11-7-9(4-5-12(11)18)14-13(15(19)21-20-14)8-2-1-3-10(17)6-8/h1-7H,(H3,19,20,21). The van der Waals surface area contributed by atoms with Crippen molar-refractivity contribution >= 4 is 17.4 Å². The summed E-state index contributed by atoms with van der Waals surface area (Å²) in [6, 6.07) is 10.3. The van der Waals surface area contributed by atoms with Crippen LogP contribution in [0.15, 0.2) is 42.5 Å². The number of aromatic amines is 1. The lowest BCUT2D eigenvalue weighted by Crippen LogP contribution is -1.90. The Morgan fingerprint density at radius 3 is 2.57 bits per heavy atom. The van der Waals surface area contributed by atoms with Crippen LogP contribution in [-0.4, -0.2) is 10.2 Å². The van der Waals surface area contributed by atoms with Gasteiger partial charge in [0.05, 0.1) is 16.3 Å². The van der Waals surface area contributed by atoms with E-state index in [1.807, 2.05) is 0 Å². The third kappa shape index (κ3) is 2.48. The van der Waals surface area contributed by atoms with Crippen molar-refractivity contribution in [2.75, 3.05) is 5.73 Å². The van der Waals surface area contributed by atoms with E-state index in [9.17, 15) is 8.78 Å². The number of rotatable bonds is 2. The van der Waals surface area contributed by atoms with Gasteiger partial charge >= 0.3 is 0 Å². The number of nitrogens with zero attached hydrogens (tertiary/aromatic N) is 1. The van der Waals surface area contributed by atoms with Crippen molar-refractivity contribution in [2.45, 2.75) is 0 Å². The average Bonchev–Trinajstić information content (AvgIpc) is 2.84. The first kappa shape index (κ1) is 13.6. The summed E-state index contributed by atoms with van der Waals surface area (Å²) in [4.78, 5) is 0. The molecule has 0 saturated carbocycles. The van der Waals surface area contributed by atoms with Gasteiger partial charge in [-0.25, -0.2) is 8.78 Å². The molecule has 3 N–H and O–H groups in total. The summed E-state index contributed by atoms with van der Waals surface area (Å²) >= 11 is 5.79. The van der Waals surface area contributed by atoms with Crippen molar-refractivity contribution in [1.29, 1.82) is 0 Å². The maximum absolute atomic E-state index is 13.4. The molecule has 21 heavy (non-hydrogen) atoms. The van der Waals surface area contributed by atoms with Crippen LogP contribution in [0.4, 0.5) is 14.6 Å². The number of halogens is 3. The lowest BCUT2D eigenvalue weighted by Gasteiger charge is -2.06. The second kappa shape index (κ2) is 5.18. The minimum Gasteiger partial charge on any atom is -0.382 e. The highest BCUT2D eigenvalue weighted by Crippen LogP contribution is 2.36. The predicted molar refractivity (Wildman–Crippen MR) is 78.8 cm³/mol. The van der Waals surface area contributed by atoms with Crippen molar-refractivity contribution in [1.82, 2.24) is 10.2 Å². The molecule has 0 saturated heterocycles. The minimum absolute atomic E-state index is 0.00846. The minimum atomic E-state index is -0.514. The topological polar surface area (TPSA) is 54.7 Å². The fraction of sp³-hybridized carbons (Fsp3) is 0. The average molecular weight is 306 g/mol. The molecule has 0 spiro atoms. The number of nitrogen functional groups attached to an aromatic ring is 1. The van der Waals surface area contributed by atoms with Crippen LogP contribution in [0.1, 0.15) is 0 Å². The number of H-pyrrole nitrogens is 1. The number of anilines is 1. The van der Waals surface area contributed by atoms with Gasteiger partial charge in [-0.2, -0.15) is 5.10 Å². The van der Waals surface area contributed by atoms with E-state index in [1.165, 1.54) is 24.3 Å². The Balaban J connectivity index is 2.19. The smallest absolute Gasteiger partial charge is 0.153 e. The van der Waals surface area contributed by atoms with Crippen LogP contribution in [0.25, 0.3) is 22.4 Å². The Bertz CT molecular complexity index is 814. The molecule has 0 unspecified atom stereocenters. The molecule has 0 radical (unpaired) electrons. The van der Waals surface area contributed by atoms with E-state index >= 15 is 0 Å². The Labute approximate surface area is 124 Å². The Morgan fingerprint density at radius 2 is 1.86 bits per heavy atom. The highest BCUT2D eigenvalue weighted by molar-refractivity contribution is 6.31. The normalized spacial score (nSPS) is 10.8. The number of aromatic nitrogens is 2. The molecule has 0 bridgehead atoms. The first-order chi connectivity index (χ1) is 10.1. The molecule has 0 aliphatic rings. The summed E-state index contributed by atoms with van der Waals surface area (Å²) in [6.07, 6.45) is 0. The molecule has 0 amide bonds. The Hall–Kier alpha value is -2.40. The molecule has 3 aromatic rings. The van der Waals surface area contributed by atoms with Crippen molar-refractivity contribution in [3.05, 3.63) is 59.1 Å². The molecule has 0 fully saturated rings. The molecular weight excluding hydrogens is 296 g/mol. The monoisotopic (exact) mass is 305 g/mol. The van der Waals surface area contributed by atoms with Gasteiger partial charge < -0.3 is 5.73 Å². The van der Waals surface area contributed by atoms with E-state index in [0.29, 0.717) is 22.4 Å². The fourth-order valence-electron chi connectivity index (χ4n) is 2.15. The molecule has 0 aliphatic carbocycles. The summed E-state index contributed by atoms with van der Waals surface area (Å²) in [5.41, 5.74) is 8.16. The maximum atomic E-state index is 13.4. The van der Waals surface area contributed by atoms with Crippen LogP contribution in [0.3, 0.4) is 0 Å². The van der Waals surface area contributed by atoms with Gasteiger partial charge in [0.25, 0.3) is 0 Å². The number of benzene rings is 2. The number of nitrogens with two attached hydrogens (primary N) is 1. The van der Waals surface area contributed by atoms with E-state index in [-0.39, 0.29) is 16.7 Å². The van der Waals surface area contributed by atoms with Crippen molar-refractivity contribution in [2.24, 2.45) is 0 Å². The van der Waals surface area contributed by atoms with E-state index in [0.717, 1.165) is 0 Å². The van der Waals surface area contributed by atoms with Crippen molar-refractivity contribution in [3.8, 4) is 22.4 Å². The second-order valence-electron chi connectivity index (χ2n) is 4.50. The first-order valence-corrected chi connectivity index (χ1v) is 6.49. The van der Waals surface area contributed by atoms with Gasteiger partial charge in [0.1, 0.15) is 11.6 Å². The van der Waals surface area contributed by atoms with E-state index in [2.05, 4.69) is 10.2 Å².